The first-order valence-electron chi connectivity index (χ1n) is 10.7. The van der Waals surface area contributed by atoms with Crippen LogP contribution in [0.2, 0.25) is 15.1 Å². The number of halogens is 6. The molecule has 3 aliphatic rings. The van der Waals surface area contributed by atoms with Crippen molar-refractivity contribution in [2.24, 2.45) is 11.1 Å². The summed E-state index contributed by atoms with van der Waals surface area (Å²) < 4.78 is 39.0. The van der Waals surface area contributed by atoms with Crippen LogP contribution in [-0.4, -0.2) is 52.4 Å². The molecule has 0 spiro atoms. The third kappa shape index (κ3) is 4.08. The Bertz CT molecular complexity index is 1420. The second-order valence-corrected chi connectivity index (χ2v) is 9.87. The van der Waals surface area contributed by atoms with Gasteiger partial charge in [0.1, 0.15) is 11.6 Å². The van der Waals surface area contributed by atoms with Gasteiger partial charge in [0.05, 0.1) is 21.3 Å². The number of imide groups is 1. The number of aromatic nitrogens is 1. The number of hydrazine groups is 2. The number of fused-ring (bicyclic) bond motifs is 1. The first-order valence-corrected chi connectivity index (χ1v) is 11.8. The van der Waals surface area contributed by atoms with Gasteiger partial charge < -0.3 is 10.2 Å². The molecule has 4 amide bonds. The number of amides is 4. The number of hydrogen-bond donors (Lipinski definition) is 2. The van der Waals surface area contributed by atoms with Crippen molar-refractivity contribution in [1.82, 2.24) is 20.7 Å². The molecule has 0 aliphatic carbocycles. The number of hydrogen-bond acceptors (Lipinski definition) is 8. The summed E-state index contributed by atoms with van der Waals surface area (Å²) in [7, 11) is 1.23. The normalized spacial score (nSPS) is 24.9. The Labute approximate surface area is 227 Å². The Hall–Kier alpha value is -3.33. The number of oxime groups is 1. The van der Waals surface area contributed by atoms with Gasteiger partial charge in [0.25, 0.3) is 11.8 Å². The molecule has 0 bridgehead atoms. The van der Waals surface area contributed by atoms with Gasteiger partial charge in [-0.3, -0.25) is 14.6 Å². The highest BCUT2D eigenvalue weighted by Gasteiger charge is 2.62. The molecule has 200 valence electrons. The molecular formula is C21H15Cl3F3N7O4. The van der Waals surface area contributed by atoms with E-state index in [2.05, 4.69) is 20.9 Å². The SMILES string of the molecule is CN(c1ncc(C(F)(F)F)cc1Cl)N1C(=O)[C@H]2C([C@@]3(C)NC(=O)N(c4ccc(Cl)cc4Cl)N3)=NO[C@@H]2C1=O. The third-order valence-corrected chi connectivity index (χ3v) is 6.92. The lowest BCUT2D eigenvalue weighted by molar-refractivity contribution is -0.143. The second-order valence-electron chi connectivity index (χ2n) is 8.62. The number of rotatable bonds is 4. The van der Waals surface area contributed by atoms with Crippen LogP contribution in [0.3, 0.4) is 0 Å². The summed E-state index contributed by atoms with van der Waals surface area (Å²) in [5.74, 6) is -3.24. The molecular weight excluding hydrogens is 578 g/mol. The van der Waals surface area contributed by atoms with Gasteiger partial charge in [0.2, 0.25) is 6.10 Å². The van der Waals surface area contributed by atoms with Crippen LogP contribution in [0.15, 0.2) is 35.6 Å². The standard InChI is InChI=1S/C21H15Cl3F3N7O4/c1-20(29-19(37)33(31-20)12-4-3-9(22)6-10(12)23)15-13-14(38-30-15)18(36)34(17(13)35)32(2)16-11(24)5-8(7-28-16)21(25,26)27/h3-7,13-14,31H,1-2H3,(H,29,37)/t13-,14+,20+/m1/s1. The summed E-state index contributed by atoms with van der Waals surface area (Å²) in [6, 6.07) is 4.44. The number of carbonyl (C=O) groups excluding carboxylic acids is 3. The fourth-order valence-electron chi connectivity index (χ4n) is 4.31. The highest BCUT2D eigenvalue weighted by atomic mass is 35.5. The third-order valence-electron chi connectivity index (χ3n) is 6.10. The van der Waals surface area contributed by atoms with E-state index in [0.29, 0.717) is 22.3 Å². The number of anilines is 2. The van der Waals surface area contributed by atoms with Crippen LogP contribution >= 0.6 is 34.8 Å². The summed E-state index contributed by atoms with van der Waals surface area (Å²) in [6.07, 6.45) is -5.55. The topological polar surface area (TPSA) is 119 Å². The Morgan fingerprint density at radius 1 is 1.11 bits per heavy atom. The minimum absolute atomic E-state index is 0.0239. The van der Waals surface area contributed by atoms with Gasteiger partial charge in [-0.2, -0.15) is 23.6 Å². The number of alkyl halides is 3. The average molecular weight is 593 g/mol. The molecule has 11 nitrogen and oxygen atoms in total. The molecule has 2 N–H and O–H groups in total. The molecule has 3 atom stereocenters. The second kappa shape index (κ2) is 8.86. The molecule has 0 radical (unpaired) electrons. The summed E-state index contributed by atoms with van der Waals surface area (Å²) in [4.78, 5) is 48.3. The van der Waals surface area contributed by atoms with Gasteiger partial charge in [-0.1, -0.05) is 40.0 Å². The zero-order valence-corrected chi connectivity index (χ0v) is 21.4. The lowest BCUT2D eigenvalue weighted by Crippen LogP contribution is -2.58. The maximum Gasteiger partial charge on any atom is 0.417 e. The van der Waals surface area contributed by atoms with Gasteiger partial charge in [0.15, 0.2) is 11.5 Å². The van der Waals surface area contributed by atoms with E-state index >= 15 is 0 Å². The largest absolute Gasteiger partial charge is 0.417 e. The van der Waals surface area contributed by atoms with Crippen molar-refractivity contribution in [2.45, 2.75) is 24.9 Å². The van der Waals surface area contributed by atoms with Crippen LogP contribution in [0, 0.1) is 5.92 Å². The summed E-state index contributed by atoms with van der Waals surface area (Å²) in [5.41, 5.74) is 0.526. The van der Waals surface area contributed by atoms with Crippen molar-refractivity contribution in [3.05, 3.63) is 51.1 Å². The predicted molar refractivity (Wildman–Crippen MR) is 129 cm³/mol. The Morgan fingerprint density at radius 3 is 2.45 bits per heavy atom. The van der Waals surface area contributed by atoms with Crippen LogP contribution in [0.25, 0.3) is 0 Å². The number of pyridine rings is 1. The summed E-state index contributed by atoms with van der Waals surface area (Å²) in [5, 5.41) is 9.29. The molecule has 1 aromatic carbocycles. The zero-order valence-electron chi connectivity index (χ0n) is 19.2. The van der Waals surface area contributed by atoms with E-state index in [0.717, 1.165) is 10.0 Å². The number of benzene rings is 1. The van der Waals surface area contributed by atoms with Crippen LogP contribution in [0.1, 0.15) is 12.5 Å². The highest BCUT2D eigenvalue weighted by molar-refractivity contribution is 6.37. The van der Waals surface area contributed by atoms with E-state index < -0.39 is 52.3 Å². The molecule has 2 aromatic rings. The van der Waals surface area contributed by atoms with Gasteiger partial charge in [-0.15, -0.1) is 0 Å². The first kappa shape index (κ1) is 26.3. The molecule has 0 unspecified atom stereocenters. The van der Waals surface area contributed by atoms with Crippen molar-refractivity contribution in [2.75, 3.05) is 17.1 Å². The van der Waals surface area contributed by atoms with Gasteiger partial charge in [-0.25, -0.2) is 14.8 Å². The monoisotopic (exact) mass is 591 g/mol. The molecule has 3 aliphatic heterocycles. The minimum atomic E-state index is -4.69. The maximum absolute atomic E-state index is 13.4. The summed E-state index contributed by atoms with van der Waals surface area (Å²) >= 11 is 18.2. The Balaban J connectivity index is 1.41. The molecule has 38 heavy (non-hydrogen) atoms. The van der Waals surface area contributed by atoms with Crippen LogP contribution < -0.4 is 20.8 Å². The van der Waals surface area contributed by atoms with E-state index in [4.69, 9.17) is 39.6 Å². The fourth-order valence-corrected chi connectivity index (χ4v) is 5.09. The maximum atomic E-state index is 13.4. The Kier molecular flexibility index (Phi) is 6.13. The van der Waals surface area contributed by atoms with Crippen molar-refractivity contribution in [3.63, 3.8) is 0 Å². The number of urea groups is 1. The molecule has 1 aromatic heterocycles. The lowest BCUT2D eigenvalue weighted by atomic mass is 9.91. The van der Waals surface area contributed by atoms with Gasteiger partial charge in [-0.05, 0) is 31.2 Å². The molecule has 4 heterocycles. The van der Waals surface area contributed by atoms with Crippen molar-refractivity contribution >= 4 is 69.9 Å². The Morgan fingerprint density at radius 2 is 1.82 bits per heavy atom. The fraction of sp³-hybridized carbons (Fsp3) is 0.286. The number of nitrogens with zero attached hydrogens (tertiary/aromatic N) is 5. The van der Waals surface area contributed by atoms with E-state index in [-0.39, 0.29) is 22.2 Å². The average Bonchev–Trinajstić information content (AvgIpc) is 3.46. The van der Waals surface area contributed by atoms with Crippen LogP contribution in [-0.2, 0) is 20.6 Å². The van der Waals surface area contributed by atoms with Gasteiger partial charge >= 0.3 is 12.2 Å². The quantitative estimate of drug-likeness (QED) is 0.521. The van der Waals surface area contributed by atoms with E-state index in [9.17, 15) is 27.6 Å². The number of nitrogens with one attached hydrogen (secondary N) is 2. The first-order chi connectivity index (χ1) is 17.7. The lowest BCUT2D eigenvalue weighted by Gasteiger charge is -2.29. The predicted octanol–water partition coefficient (Wildman–Crippen LogP) is 3.60. The molecule has 2 saturated heterocycles. The zero-order chi connectivity index (χ0) is 27.7. The summed E-state index contributed by atoms with van der Waals surface area (Å²) in [6.45, 7) is 1.50. The smallest absolute Gasteiger partial charge is 0.381 e. The van der Waals surface area contributed by atoms with E-state index in [1.165, 1.54) is 32.2 Å². The number of carbonyl (C=O) groups is 3. The highest BCUT2D eigenvalue weighted by Crippen LogP contribution is 2.39. The minimum Gasteiger partial charge on any atom is -0.381 e. The van der Waals surface area contributed by atoms with E-state index in [1.807, 2.05) is 0 Å². The molecule has 2 fully saturated rings. The molecule has 5 rings (SSSR count). The van der Waals surface area contributed by atoms with Crippen molar-refractivity contribution in [1.29, 1.82) is 0 Å². The van der Waals surface area contributed by atoms with Crippen molar-refractivity contribution in [3.8, 4) is 0 Å². The van der Waals surface area contributed by atoms with Gasteiger partial charge in [0, 0.05) is 18.3 Å². The van der Waals surface area contributed by atoms with Crippen LogP contribution in [0.5, 0.6) is 0 Å². The van der Waals surface area contributed by atoms with Crippen LogP contribution in [0.4, 0.5) is 29.5 Å². The van der Waals surface area contributed by atoms with E-state index in [1.54, 1.807) is 0 Å². The molecule has 17 heteroatoms. The molecule has 0 saturated carbocycles. The van der Waals surface area contributed by atoms with Crippen molar-refractivity contribution < 1.29 is 32.4 Å².